The van der Waals surface area contributed by atoms with Gasteiger partial charge in [-0.3, -0.25) is 4.72 Å². The van der Waals surface area contributed by atoms with Crippen LogP contribution in [0.1, 0.15) is 15.9 Å². The summed E-state index contributed by atoms with van der Waals surface area (Å²) in [5, 5.41) is 11.3. The Labute approximate surface area is 218 Å². The topological polar surface area (TPSA) is 139 Å². The molecule has 3 aromatic carbocycles. The number of rotatable bonds is 7. The number of halogens is 3. The van der Waals surface area contributed by atoms with E-state index in [4.69, 9.17) is 4.74 Å². The molecule has 13 heteroatoms. The Morgan fingerprint density at radius 2 is 1.58 bits per heavy atom. The number of carboxylic acids is 1. The summed E-state index contributed by atoms with van der Waals surface area (Å²) in [6.07, 6.45) is -4.71. The number of ether oxygens (including phenoxy) is 1. The molecular formula is C25H27F3N4O5S. The molecule has 0 spiro atoms. The number of hydrogen-bond acceptors (Lipinski definition) is 7. The van der Waals surface area contributed by atoms with Gasteiger partial charge in [0.05, 0.1) is 30.0 Å². The van der Waals surface area contributed by atoms with Gasteiger partial charge in [-0.05, 0) is 54.1 Å². The summed E-state index contributed by atoms with van der Waals surface area (Å²) < 4.78 is 74.3. The van der Waals surface area contributed by atoms with Crippen LogP contribution in [0.3, 0.4) is 0 Å². The number of hydrogen-bond donors (Lipinski definition) is 2. The van der Waals surface area contributed by atoms with Gasteiger partial charge in [0.1, 0.15) is 10.6 Å². The quantitative estimate of drug-likeness (QED) is 0.457. The summed E-state index contributed by atoms with van der Waals surface area (Å²) in [6, 6.07) is 15.6. The maximum absolute atomic E-state index is 13.5. The van der Waals surface area contributed by atoms with Gasteiger partial charge in [-0.2, -0.15) is 13.2 Å². The normalized spacial score (nSPS) is 14.0. The van der Waals surface area contributed by atoms with Crippen molar-refractivity contribution in [3.63, 3.8) is 0 Å². The molecule has 0 radical (unpaired) electrons. The number of carbonyl (C=O) groups excluding carboxylic acids is 1. The van der Waals surface area contributed by atoms with E-state index in [1.165, 1.54) is 13.2 Å². The zero-order valence-electron chi connectivity index (χ0n) is 20.7. The molecule has 4 rings (SSSR count). The molecule has 0 unspecified atom stereocenters. The van der Waals surface area contributed by atoms with Crippen LogP contribution in [0, 0.1) is 0 Å². The minimum atomic E-state index is -4.71. The molecule has 1 heterocycles. The lowest BCUT2D eigenvalue weighted by Crippen LogP contribution is -2.46. The van der Waals surface area contributed by atoms with Gasteiger partial charge in [-0.1, -0.05) is 18.2 Å². The molecule has 9 nitrogen and oxygen atoms in total. The highest BCUT2D eigenvalue weighted by molar-refractivity contribution is 7.92. The molecule has 0 amide bonds. The molecule has 1 saturated heterocycles. The third-order valence-corrected chi connectivity index (χ3v) is 7.39. The van der Waals surface area contributed by atoms with Crippen molar-refractivity contribution >= 4 is 33.1 Å². The SMILES string of the molecule is COc1ccc(C(=O)[O-])cc1S(=O)(=O)Nc1cc(C(F)(F)F)ccc1N1CCN(c2ccccc2)CC1.[NH4+]. The Balaban J connectivity index is 0.00000400. The number of methoxy groups -OCH3 is 1. The highest BCUT2D eigenvalue weighted by Crippen LogP contribution is 2.38. The summed E-state index contributed by atoms with van der Waals surface area (Å²) >= 11 is 0. The summed E-state index contributed by atoms with van der Waals surface area (Å²) in [7, 11) is -3.37. The average molecular weight is 553 g/mol. The number of sulfonamides is 1. The van der Waals surface area contributed by atoms with Crippen molar-refractivity contribution in [3.8, 4) is 5.75 Å². The fraction of sp³-hybridized carbons (Fsp3) is 0.240. The smallest absolute Gasteiger partial charge is 0.416 e. The molecule has 0 atom stereocenters. The third kappa shape index (κ3) is 6.11. The van der Waals surface area contributed by atoms with Crippen LogP contribution >= 0.6 is 0 Å². The Morgan fingerprint density at radius 1 is 0.947 bits per heavy atom. The minimum Gasteiger partial charge on any atom is -0.545 e. The molecule has 0 bridgehead atoms. The van der Waals surface area contributed by atoms with Crippen LogP contribution in [-0.2, 0) is 16.2 Å². The summed E-state index contributed by atoms with van der Waals surface area (Å²) in [5.41, 5.74) is -0.478. The molecule has 38 heavy (non-hydrogen) atoms. The Kier molecular flexibility index (Phi) is 8.42. The van der Waals surface area contributed by atoms with Crippen molar-refractivity contribution in [1.82, 2.24) is 6.15 Å². The van der Waals surface area contributed by atoms with Crippen LogP contribution in [0.15, 0.2) is 71.6 Å². The zero-order valence-corrected chi connectivity index (χ0v) is 21.5. The van der Waals surface area contributed by atoms with E-state index in [1.807, 2.05) is 30.3 Å². The standard InChI is InChI=1S/C25H24F3N3O5S.H3N/c1-36-22-10-7-17(24(32)33)15-23(22)37(34,35)29-20-16-18(25(26,27)28)8-9-21(20)31-13-11-30(12-14-31)19-5-3-2-4-6-19;/h2-10,15-16,29H,11-14H2,1H3,(H,32,33);1H3. The average Bonchev–Trinajstić information content (AvgIpc) is 2.88. The fourth-order valence-corrected chi connectivity index (χ4v) is 5.39. The first-order valence-corrected chi connectivity index (χ1v) is 12.7. The predicted molar refractivity (Wildman–Crippen MR) is 136 cm³/mol. The maximum Gasteiger partial charge on any atom is 0.416 e. The van der Waals surface area contributed by atoms with E-state index in [-0.39, 0.29) is 23.3 Å². The molecular weight excluding hydrogens is 525 g/mol. The van der Waals surface area contributed by atoms with E-state index in [9.17, 15) is 31.5 Å². The van der Waals surface area contributed by atoms with Crippen molar-refractivity contribution in [3.05, 3.63) is 77.9 Å². The fourth-order valence-electron chi connectivity index (χ4n) is 4.13. The first-order valence-electron chi connectivity index (χ1n) is 11.2. The molecule has 1 fully saturated rings. The van der Waals surface area contributed by atoms with Crippen LogP contribution in [0.25, 0.3) is 0 Å². The zero-order chi connectivity index (χ0) is 26.8. The van der Waals surface area contributed by atoms with Gasteiger partial charge in [0, 0.05) is 31.9 Å². The second-order valence-electron chi connectivity index (χ2n) is 8.30. The van der Waals surface area contributed by atoms with Gasteiger partial charge in [-0.15, -0.1) is 0 Å². The molecule has 1 aliphatic heterocycles. The lowest BCUT2D eigenvalue weighted by atomic mass is 10.1. The molecule has 0 saturated carbocycles. The molecule has 5 N–H and O–H groups in total. The minimum absolute atomic E-state index is 0. The number of nitrogens with one attached hydrogen (secondary N) is 1. The van der Waals surface area contributed by atoms with Crippen LogP contribution in [0.5, 0.6) is 5.75 Å². The van der Waals surface area contributed by atoms with Crippen molar-refractivity contribution in [2.75, 3.05) is 47.8 Å². The van der Waals surface area contributed by atoms with E-state index in [0.29, 0.717) is 26.2 Å². The largest absolute Gasteiger partial charge is 0.545 e. The van der Waals surface area contributed by atoms with Crippen molar-refractivity contribution in [2.24, 2.45) is 0 Å². The second kappa shape index (κ2) is 11.2. The van der Waals surface area contributed by atoms with E-state index in [0.717, 1.165) is 36.0 Å². The number of nitrogens with zero attached hydrogens (tertiary/aromatic N) is 2. The number of piperazine rings is 1. The Hall–Kier alpha value is -3.97. The molecule has 0 aliphatic carbocycles. The first-order chi connectivity index (χ1) is 17.5. The summed E-state index contributed by atoms with van der Waals surface area (Å²) in [6.45, 7) is 1.99. The number of carbonyl (C=O) groups is 1. The van der Waals surface area contributed by atoms with Gasteiger partial charge in [0.25, 0.3) is 10.0 Å². The number of quaternary nitrogens is 1. The van der Waals surface area contributed by atoms with Gasteiger partial charge in [-0.25, -0.2) is 8.42 Å². The van der Waals surface area contributed by atoms with Crippen LogP contribution < -0.4 is 30.5 Å². The van der Waals surface area contributed by atoms with Gasteiger partial charge in [0.15, 0.2) is 0 Å². The first kappa shape index (κ1) is 28.6. The number of aromatic carboxylic acids is 1. The Morgan fingerprint density at radius 3 is 2.16 bits per heavy atom. The number of anilines is 3. The van der Waals surface area contributed by atoms with Crippen LogP contribution in [-0.4, -0.2) is 47.7 Å². The number of alkyl halides is 3. The van der Waals surface area contributed by atoms with Gasteiger partial charge < -0.3 is 30.6 Å². The number of carboxylic acid groups (broad SMARTS) is 1. The van der Waals surface area contributed by atoms with Crippen molar-refractivity contribution in [1.29, 1.82) is 0 Å². The second-order valence-corrected chi connectivity index (χ2v) is 9.95. The van der Waals surface area contributed by atoms with Crippen LogP contribution in [0.2, 0.25) is 0 Å². The van der Waals surface area contributed by atoms with Crippen molar-refractivity contribution < 1.29 is 36.2 Å². The molecule has 0 aromatic heterocycles. The van der Waals surface area contributed by atoms with Gasteiger partial charge in [0.2, 0.25) is 0 Å². The molecule has 1 aliphatic rings. The summed E-state index contributed by atoms with van der Waals surface area (Å²) in [5.74, 6) is -1.79. The van der Waals surface area contributed by atoms with E-state index < -0.39 is 38.2 Å². The molecule has 3 aromatic rings. The van der Waals surface area contributed by atoms with Gasteiger partial charge >= 0.3 is 6.18 Å². The Bertz CT molecular complexity index is 1390. The highest BCUT2D eigenvalue weighted by atomic mass is 32.2. The van der Waals surface area contributed by atoms with E-state index in [1.54, 1.807) is 4.90 Å². The highest BCUT2D eigenvalue weighted by Gasteiger charge is 2.33. The van der Waals surface area contributed by atoms with E-state index in [2.05, 4.69) is 9.62 Å². The lowest BCUT2D eigenvalue weighted by Gasteiger charge is -2.38. The lowest BCUT2D eigenvalue weighted by molar-refractivity contribution is -0.255. The number of benzene rings is 3. The van der Waals surface area contributed by atoms with Crippen LogP contribution in [0.4, 0.5) is 30.2 Å². The monoisotopic (exact) mass is 552 g/mol. The third-order valence-electron chi connectivity index (χ3n) is 6.00. The van der Waals surface area contributed by atoms with Crippen molar-refractivity contribution in [2.45, 2.75) is 11.1 Å². The molecule has 204 valence electrons. The van der Waals surface area contributed by atoms with E-state index >= 15 is 0 Å². The maximum atomic E-state index is 13.5. The predicted octanol–water partition coefficient (Wildman–Crippen LogP) is 3.58. The summed E-state index contributed by atoms with van der Waals surface area (Å²) in [4.78, 5) is 14.7. The number of para-hydroxylation sites is 1.